The van der Waals surface area contributed by atoms with Crippen LogP contribution in [0.25, 0.3) is 0 Å². The van der Waals surface area contributed by atoms with Crippen LogP contribution < -0.4 is 5.32 Å². The Morgan fingerprint density at radius 3 is 2.50 bits per heavy atom. The van der Waals surface area contributed by atoms with Gasteiger partial charge in [-0.05, 0) is 57.8 Å². The Morgan fingerprint density at radius 2 is 1.90 bits per heavy atom. The first-order valence-electron chi connectivity index (χ1n) is 8.31. The smallest absolute Gasteiger partial charge is 0.240 e. The first-order chi connectivity index (χ1) is 9.63. The van der Waals surface area contributed by atoms with E-state index in [1.165, 1.54) is 19.3 Å². The monoisotopic (exact) mass is 281 g/mol. The summed E-state index contributed by atoms with van der Waals surface area (Å²) in [4.78, 5) is 17.4. The summed E-state index contributed by atoms with van der Waals surface area (Å²) in [5.74, 6) is 1.42. The SMILES string of the molecule is CNCC1CCN(C(=O)C(C(C)C)N2CCCCC2)C1. The van der Waals surface area contributed by atoms with E-state index in [2.05, 4.69) is 29.0 Å². The minimum Gasteiger partial charge on any atom is -0.341 e. The lowest BCUT2D eigenvalue weighted by atomic mass is 9.98. The van der Waals surface area contributed by atoms with Crippen molar-refractivity contribution in [2.45, 2.75) is 45.6 Å². The summed E-state index contributed by atoms with van der Waals surface area (Å²) in [5, 5.41) is 3.24. The summed E-state index contributed by atoms with van der Waals surface area (Å²) in [6, 6.07) is 0.101. The number of nitrogens with one attached hydrogen (secondary N) is 1. The van der Waals surface area contributed by atoms with Gasteiger partial charge in [0, 0.05) is 13.1 Å². The summed E-state index contributed by atoms with van der Waals surface area (Å²) in [5.41, 5.74) is 0. The zero-order chi connectivity index (χ0) is 14.5. The quantitative estimate of drug-likeness (QED) is 0.831. The van der Waals surface area contributed by atoms with Crippen LogP contribution >= 0.6 is 0 Å². The topological polar surface area (TPSA) is 35.6 Å². The lowest BCUT2D eigenvalue weighted by molar-refractivity contribution is -0.138. The second-order valence-corrected chi connectivity index (χ2v) is 6.78. The van der Waals surface area contributed by atoms with E-state index in [9.17, 15) is 4.79 Å². The number of nitrogens with zero attached hydrogens (tertiary/aromatic N) is 2. The molecule has 2 atom stereocenters. The fourth-order valence-corrected chi connectivity index (χ4v) is 3.73. The number of amides is 1. The van der Waals surface area contributed by atoms with Gasteiger partial charge in [-0.2, -0.15) is 0 Å². The third-order valence-electron chi connectivity index (χ3n) is 4.76. The normalized spacial score (nSPS) is 26.2. The Morgan fingerprint density at radius 1 is 1.20 bits per heavy atom. The number of rotatable bonds is 5. The van der Waals surface area contributed by atoms with Crippen LogP contribution in [0.3, 0.4) is 0 Å². The average Bonchev–Trinajstić information content (AvgIpc) is 2.89. The second-order valence-electron chi connectivity index (χ2n) is 6.78. The predicted octanol–water partition coefficient (Wildman–Crippen LogP) is 1.56. The Bertz CT molecular complexity index is 313. The fraction of sp³-hybridized carbons (Fsp3) is 0.938. The van der Waals surface area contributed by atoms with E-state index >= 15 is 0 Å². The summed E-state index contributed by atoms with van der Waals surface area (Å²) in [7, 11) is 2.00. The molecule has 116 valence electrons. The van der Waals surface area contributed by atoms with Crippen LogP contribution in [-0.2, 0) is 4.79 Å². The maximum atomic E-state index is 12.9. The zero-order valence-corrected chi connectivity index (χ0v) is 13.4. The third-order valence-corrected chi connectivity index (χ3v) is 4.76. The molecule has 0 saturated carbocycles. The molecule has 2 unspecified atom stereocenters. The number of hydrogen-bond acceptors (Lipinski definition) is 3. The van der Waals surface area contributed by atoms with Gasteiger partial charge in [0.2, 0.25) is 5.91 Å². The first-order valence-corrected chi connectivity index (χ1v) is 8.31. The van der Waals surface area contributed by atoms with Crippen LogP contribution in [0.1, 0.15) is 39.5 Å². The molecule has 20 heavy (non-hydrogen) atoms. The van der Waals surface area contributed by atoms with Crippen molar-refractivity contribution in [1.29, 1.82) is 0 Å². The largest absolute Gasteiger partial charge is 0.341 e. The second kappa shape index (κ2) is 7.41. The van der Waals surface area contributed by atoms with Gasteiger partial charge in [0.25, 0.3) is 0 Å². The van der Waals surface area contributed by atoms with Crippen molar-refractivity contribution in [2.75, 3.05) is 39.8 Å². The van der Waals surface area contributed by atoms with Crippen molar-refractivity contribution in [3.8, 4) is 0 Å². The van der Waals surface area contributed by atoms with E-state index in [-0.39, 0.29) is 6.04 Å². The highest BCUT2D eigenvalue weighted by atomic mass is 16.2. The van der Waals surface area contributed by atoms with Crippen molar-refractivity contribution in [3.05, 3.63) is 0 Å². The van der Waals surface area contributed by atoms with Gasteiger partial charge < -0.3 is 10.2 Å². The summed E-state index contributed by atoms with van der Waals surface area (Å²) in [6.07, 6.45) is 4.97. The maximum absolute atomic E-state index is 12.9. The van der Waals surface area contributed by atoms with Crippen molar-refractivity contribution in [1.82, 2.24) is 15.1 Å². The summed E-state index contributed by atoms with van der Waals surface area (Å²) >= 11 is 0. The Hall–Kier alpha value is -0.610. The number of hydrogen-bond donors (Lipinski definition) is 1. The summed E-state index contributed by atoms with van der Waals surface area (Å²) in [6.45, 7) is 9.50. The van der Waals surface area contributed by atoms with Crippen molar-refractivity contribution in [2.24, 2.45) is 11.8 Å². The van der Waals surface area contributed by atoms with Crippen molar-refractivity contribution >= 4 is 5.91 Å². The molecule has 0 aromatic rings. The molecule has 2 fully saturated rings. The minimum absolute atomic E-state index is 0.101. The van der Waals surface area contributed by atoms with Crippen LogP contribution in [0.4, 0.5) is 0 Å². The minimum atomic E-state index is 0.101. The van der Waals surface area contributed by atoms with Gasteiger partial charge in [-0.15, -0.1) is 0 Å². The fourth-order valence-electron chi connectivity index (χ4n) is 3.73. The molecule has 4 nitrogen and oxygen atoms in total. The van der Waals surface area contributed by atoms with Crippen LogP contribution in [0.2, 0.25) is 0 Å². The molecule has 0 bridgehead atoms. The highest BCUT2D eigenvalue weighted by Gasteiger charge is 2.35. The lowest BCUT2D eigenvalue weighted by Crippen LogP contribution is -2.52. The molecule has 2 saturated heterocycles. The Kier molecular flexibility index (Phi) is 5.85. The lowest BCUT2D eigenvalue weighted by Gasteiger charge is -2.38. The van der Waals surface area contributed by atoms with E-state index in [0.717, 1.165) is 39.1 Å². The molecule has 4 heteroatoms. The molecule has 1 N–H and O–H groups in total. The molecule has 0 aromatic heterocycles. The van der Waals surface area contributed by atoms with Gasteiger partial charge in [0.05, 0.1) is 6.04 Å². The van der Waals surface area contributed by atoms with E-state index in [1.54, 1.807) is 0 Å². The average molecular weight is 281 g/mol. The number of piperidine rings is 1. The van der Waals surface area contributed by atoms with E-state index in [0.29, 0.717) is 17.7 Å². The molecule has 0 radical (unpaired) electrons. The molecule has 0 aliphatic carbocycles. The predicted molar refractivity (Wildman–Crippen MR) is 82.7 cm³/mol. The van der Waals surface area contributed by atoms with Gasteiger partial charge in [-0.25, -0.2) is 0 Å². The molecule has 0 spiro atoms. The van der Waals surface area contributed by atoms with Gasteiger partial charge in [0.15, 0.2) is 0 Å². The zero-order valence-electron chi connectivity index (χ0n) is 13.4. The molecule has 2 rings (SSSR count). The number of carbonyl (C=O) groups is 1. The van der Waals surface area contributed by atoms with E-state index < -0.39 is 0 Å². The molecule has 0 aromatic carbocycles. The van der Waals surface area contributed by atoms with Gasteiger partial charge in [-0.3, -0.25) is 9.69 Å². The van der Waals surface area contributed by atoms with Crippen molar-refractivity contribution < 1.29 is 4.79 Å². The summed E-state index contributed by atoms with van der Waals surface area (Å²) < 4.78 is 0. The number of carbonyl (C=O) groups excluding carboxylic acids is 1. The molecule has 2 aliphatic heterocycles. The van der Waals surface area contributed by atoms with Gasteiger partial charge in [0.1, 0.15) is 0 Å². The third kappa shape index (κ3) is 3.73. The Balaban J connectivity index is 1.96. The molecular formula is C16H31N3O. The highest BCUT2D eigenvalue weighted by Crippen LogP contribution is 2.23. The van der Waals surface area contributed by atoms with Crippen LogP contribution in [0, 0.1) is 11.8 Å². The molecular weight excluding hydrogens is 250 g/mol. The molecule has 2 aliphatic rings. The van der Waals surface area contributed by atoms with Crippen LogP contribution in [0.5, 0.6) is 0 Å². The van der Waals surface area contributed by atoms with Crippen molar-refractivity contribution in [3.63, 3.8) is 0 Å². The standard InChI is InChI=1S/C16H31N3O/c1-13(2)15(18-8-5-4-6-9-18)16(20)19-10-7-14(12-19)11-17-3/h13-15,17H,4-12H2,1-3H3. The Labute approximate surface area is 123 Å². The van der Waals surface area contributed by atoms with Crippen LogP contribution in [-0.4, -0.2) is 61.5 Å². The molecule has 1 amide bonds. The molecule has 2 heterocycles. The maximum Gasteiger partial charge on any atom is 0.240 e. The van der Waals surface area contributed by atoms with E-state index in [1.807, 2.05) is 7.05 Å². The first kappa shape index (κ1) is 15.8. The highest BCUT2D eigenvalue weighted by molar-refractivity contribution is 5.82. The van der Waals surface area contributed by atoms with Gasteiger partial charge in [-0.1, -0.05) is 20.3 Å². The van der Waals surface area contributed by atoms with Crippen LogP contribution in [0.15, 0.2) is 0 Å². The van der Waals surface area contributed by atoms with E-state index in [4.69, 9.17) is 0 Å². The van der Waals surface area contributed by atoms with Gasteiger partial charge >= 0.3 is 0 Å². The number of likely N-dealkylation sites (tertiary alicyclic amines) is 2.